The predicted molar refractivity (Wildman–Crippen MR) is 353 cm³/mol. The standard InChI is InChI=1S/C40H41O4.2C18H15P.Rh/c1-30(26-32-12-20-38(42-3)21-13-32)36(28-34-16-24-40(44-5)25-17-34)29-35(27-33-14-22-39(43-4)23-15-33)9-7-6-8-31-10-18-37(41-2)19-11-31;2*1-4-10-16(11-5-1)19(17-12-6-2-7-13-17)18-14-8-3-9-15-18;/h6,8,10-28H,1,7,9,29H2,2-5H3;2*1-15H;/b8-6+,35-27+,36-28-;;;. The van der Waals surface area contributed by atoms with Gasteiger partial charge < -0.3 is 18.9 Å². The Morgan fingerprint density at radius 2 is 0.627 bits per heavy atom. The maximum Gasteiger partial charge on any atom is 0.118 e. The quantitative estimate of drug-likeness (QED) is 0.0531. The third kappa shape index (κ3) is 19.9. The van der Waals surface area contributed by atoms with Gasteiger partial charge in [0, 0.05) is 31.8 Å². The van der Waals surface area contributed by atoms with Gasteiger partial charge in [-0.3, -0.25) is 0 Å². The second kappa shape index (κ2) is 34.5. The van der Waals surface area contributed by atoms with Crippen LogP contribution in [0.1, 0.15) is 41.5 Å². The Morgan fingerprint density at radius 3 is 0.928 bits per heavy atom. The number of methoxy groups -OCH3 is 4. The van der Waals surface area contributed by atoms with E-state index >= 15 is 0 Å². The Labute approximate surface area is 509 Å². The molecule has 0 aliphatic carbocycles. The van der Waals surface area contributed by atoms with Crippen LogP contribution < -0.4 is 50.8 Å². The van der Waals surface area contributed by atoms with Gasteiger partial charge in [-0.05, 0) is 145 Å². The first-order valence-corrected chi connectivity index (χ1v) is 30.2. The molecule has 7 heteroatoms. The second-order valence-corrected chi connectivity index (χ2v) is 23.5. The van der Waals surface area contributed by atoms with E-state index in [-0.39, 0.29) is 19.5 Å². The van der Waals surface area contributed by atoms with E-state index < -0.39 is 15.8 Å². The Kier molecular flexibility index (Phi) is 26.1. The SMILES string of the molecule is [CH2][C]([CH]c1ccc(OC)cc1)/C(=C\c1ccc(OC)cc1)C/C(=C/c1ccc(OC)cc1)CC/C=C/c1ccc(OC)cc1.[Rh].c1ccc(P(c2ccccc2)c2ccccc2)cc1.c1ccc(P(c2ccccc2)c2ccccc2)cc1. The summed E-state index contributed by atoms with van der Waals surface area (Å²) >= 11 is 0. The summed E-state index contributed by atoms with van der Waals surface area (Å²) in [7, 11) is 5.84. The van der Waals surface area contributed by atoms with Crippen LogP contribution in [0.2, 0.25) is 0 Å². The summed E-state index contributed by atoms with van der Waals surface area (Å²) in [4.78, 5) is 0. The molecule has 10 rings (SSSR count). The van der Waals surface area contributed by atoms with E-state index in [0.717, 1.165) is 76.0 Å². The summed E-state index contributed by atoms with van der Waals surface area (Å²) in [6.07, 6.45) is 13.6. The minimum Gasteiger partial charge on any atom is -0.497 e. The number of benzene rings is 10. The Morgan fingerprint density at radius 1 is 0.349 bits per heavy atom. The fourth-order valence-electron chi connectivity index (χ4n) is 9.10. The van der Waals surface area contributed by atoms with Gasteiger partial charge in [0.2, 0.25) is 0 Å². The van der Waals surface area contributed by atoms with E-state index in [2.05, 4.69) is 256 Å². The minimum absolute atomic E-state index is 0. The molecule has 0 heterocycles. The third-order valence-corrected chi connectivity index (χ3v) is 18.3. The van der Waals surface area contributed by atoms with Crippen molar-refractivity contribution in [2.24, 2.45) is 0 Å². The van der Waals surface area contributed by atoms with Crippen molar-refractivity contribution in [3.63, 3.8) is 0 Å². The van der Waals surface area contributed by atoms with Gasteiger partial charge in [-0.15, -0.1) is 0 Å². The van der Waals surface area contributed by atoms with E-state index in [1.165, 1.54) is 37.4 Å². The number of ether oxygens (including phenoxy) is 4. The predicted octanol–water partition coefficient (Wildman–Crippen LogP) is 16.6. The summed E-state index contributed by atoms with van der Waals surface area (Å²) in [6.45, 7) is 4.51. The van der Waals surface area contributed by atoms with Crippen molar-refractivity contribution in [1.29, 1.82) is 0 Å². The molecule has 0 bridgehead atoms. The molecule has 10 aromatic rings. The average Bonchev–Trinajstić information content (AvgIpc) is 3.65. The van der Waals surface area contributed by atoms with Gasteiger partial charge in [0.25, 0.3) is 0 Å². The van der Waals surface area contributed by atoms with Gasteiger partial charge in [0.15, 0.2) is 0 Å². The van der Waals surface area contributed by atoms with Crippen LogP contribution in [0, 0.1) is 19.3 Å². The number of hydrogen-bond donors (Lipinski definition) is 0. The van der Waals surface area contributed by atoms with Crippen LogP contribution in [0.3, 0.4) is 0 Å². The molecule has 0 N–H and O–H groups in total. The monoisotopic (exact) mass is 1210 g/mol. The first kappa shape index (κ1) is 62.7. The van der Waals surface area contributed by atoms with E-state index in [0.29, 0.717) is 0 Å². The zero-order valence-electron chi connectivity index (χ0n) is 47.6. The summed E-state index contributed by atoms with van der Waals surface area (Å²) in [5, 5.41) is 8.39. The van der Waals surface area contributed by atoms with Crippen LogP contribution in [-0.4, -0.2) is 28.4 Å². The fourth-order valence-corrected chi connectivity index (χ4v) is 13.7. The maximum atomic E-state index is 5.38. The van der Waals surface area contributed by atoms with Gasteiger partial charge in [-0.2, -0.15) is 0 Å². The first-order valence-electron chi connectivity index (χ1n) is 27.5. The zero-order chi connectivity index (χ0) is 57.0. The smallest absolute Gasteiger partial charge is 0.118 e. The zero-order valence-corrected chi connectivity index (χ0v) is 51.1. The Bertz CT molecular complexity index is 3170. The van der Waals surface area contributed by atoms with Crippen LogP contribution in [0.5, 0.6) is 23.0 Å². The van der Waals surface area contributed by atoms with Crippen LogP contribution in [-0.2, 0) is 19.5 Å². The van der Waals surface area contributed by atoms with E-state index in [4.69, 9.17) is 18.9 Å². The van der Waals surface area contributed by atoms with E-state index in [1.807, 2.05) is 60.7 Å². The van der Waals surface area contributed by atoms with Crippen molar-refractivity contribution >= 4 is 65.9 Å². The average molecular weight is 1210 g/mol. The van der Waals surface area contributed by atoms with Crippen molar-refractivity contribution < 1.29 is 38.4 Å². The molecule has 0 spiro atoms. The third-order valence-electron chi connectivity index (χ3n) is 13.4. The largest absolute Gasteiger partial charge is 0.497 e. The number of rotatable bonds is 21. The number of allylic oxidation sites excluding steroid dienone is 3. The topological polar surface area (TPSA) is 36.9 Å². The van der Waals surface area contributed by atoms with Gasteiger partial charge in [-0.25, -0.2) is 0 Å². The second-order valence-electron chi connectivity index (χ2n) is 19.0. The molecule has 4 radical (unpaired) electrons. The summed E-state index contributed by atoms with van der Waals surface area (Å²) < 4.78 is 21.4. The molecule has 4 nitrogen and oxygen atoms in total. The molecule has 0 aliphatic rings. The summed E-state index contributed by atoms with van der Waals surface area (Å²) in [5.74, 6) is 4.31. The molecular weight excluding hydrogens is 1140 g/mol. The van der Waals surface area contributed by atoms with Crippen LogP contribution in [0.4, 0.5) is 0 Å². The van der Waals surface area contributed by atoms with Gasteiger partial charge in [0.05, 0.1) is 28.4 Å². The molecule has 0 saturated heterocycles. The molecule has 0 aromatic heterocycles. The molecule has 0 unspecified atom stereocenters. The first-order chi connectivity index (χ1) is 40.4. The molecule has 418 valence electrons. The van der Waals surface area contributed by atoms with Crippen molar-refractivity contribution in [3.05, 3.63) is 338 Å². The maximum absolute atomic E-state index is 5.38. The molecular formula is C76H71O4P2Rh. The van der Waals surface area contributed by atoms with Crippen molar-refractivity contribution in [3.8, 4) is 23.0 Å². The van der Waals surface area contributed by atoms with Crippen LogP contribution in [0.25, 0.3) is 18.2 Å². The van der Waals surface area contributed by atoms with Gasteiger partial charge in [-0.1, -0.05) is 266 Å². The van der Waals surface area contributed by atoms with Crippen molar-refractivity contribution in [2.75, 3.05) is 28.4 Å². The van der Waals surface area contributed by atoms with Crippen LogP contribution in [0.15, 0.2) is 296 Å². The molecule has 0 fully saturated rings. The Balaban J connectivity index is 0.000000207. The van der Waals surface area contributed by atoms with Crippen molar-refractivity contribution in [1.82, 2.24) is 0 Å². The van der Waals surface area contributed by atoms with Crippen molar-refractivity contribution in [2.45, 2.75) is 19.3 Å². The Hall–Kier alpha value is -7.90. The molecule has 0 saturated carbocycles. The minimum atomic E-state index is -0.446. The fraction of sp³-hybridized carbons (Fsp3) is 0.0921. The van der Waals surface area contributed by atoms with Gasteiger partial charge >= 0.3 is 0 Å². The summed E-state index contributed by atoms with van der Waals surface area (Å²) in [5.41, 5.74) is 6.89. The number of hydrogen-bond acceptors (Lipinski definition) is 4. The van der Waals surface area contributed by atoms with E-state index in [1.54, 1.807) is 28.4 Å². The molecule has 0 atom stereocenters. The molecule has 10 aromatic carbocycles. The van der Waals surface area contributed by atoms with Crippen LogP contribution >= 0.6 is 15.8 Å². The van der Waals surface area contributed by atoms with E-state index in [9.17, 15) is 0 Å². The normalized spacial score (nSPS) is 11.2. The van der Waals surface area contributed by atoms with Gasteiger partial charge in [0.1, 0.15) is 23.0 Å². The molecule has 0 amide bonds. The molecule has 0 aliphatic heterocycles. The molecule has 83 heavy (non-hydrogen) atoms. The summed E-state index contributed by atoms with van der Waals surface area (Å²) in [6, 6.07) is 97.1.